The molecular formula is C26H12F10O. The predicted molar refractivity (Wildman–Crippen MR) is 111 cm³/mol. The molecule has 4 aromatic carbocycles. The number of hydrogen-bond donors (Lipinski definition) is 0. The number of halogens is 10. The molecule has 0 amide bonds. The SMILES string of the molecule is Fc1c(F)c(F)c(Cc2ccc(Oc3ccc(Cc4c(F)c(F)c(F)c(F)c4F)cc3)cc2)c(F)c1F. The van der Waals surface area contributed by atoms with Gasteiger partial charge in [-0.2, -0.15) is 0 Å². The van der Waals surface area contributed by atoms with Crippen LogP contribution in [-0.2, 0) is 12.8 Å². The minimum atomic E-state index is -2.25. The Kier molecular flexibility index (Phi) is 7.15. The predicted octanol–water partition coefficient (Wildman–Crippen LogP) is 8.05. The van der Waals surface area contributed by atoms with E-state index in [0.717, 1.165) is 0 Å². The van der Waals surface area contributed by atoms with Gasteiger partial charge in [-0.1, -0.05) is 24.3 Å². The van der Waals surface area contributed by atoms with Gasteiger partial charge in [0.1, 0.15) is 11.5 Å². The van der Waals surface area contributed by atoms with E-state index in [-0.39, 0.29) is 22.6 Å². The van der Waals surface area contributed by atoms with Crippen molar-refractivity contribution in [2.45, 2.75) is 12.8 Å². The van der Waals surface area contributed by atoms with Crippen LogP contribution in [-0.4, -0.2) is 0 Å². The van der Waals surface area contributed by atoms with Crippen molar-refractivity contribution in [2.24, 2.45) is 0 Å². The maximum Gasteiger partial charge on any atom is 0.200 e. The van der Waals surface area contributed by atoms with Crippen LogP contribution in [0, 0.1) is 58.2 Å². The summed E-state index contributed by atoms with van der Waals surface area (Å²) in [7, 11) is 0. The third-order valence-corrected chi connectivity index (χ3v) is 5.45. The summed E-state index contributed by atoms with van der Waals surface area (Å²) in [6.07, 6.45) is -1.17. The number of hydrogen-bond acceptors (Lipinski definition) is 1. The smallest absolute Gasteiger partial charge is 0.200 e. The van der Waals surface area contributed by atoms with Crippen molar-refractivity contribution in [2.75, 3.05) is 0 Å². The first-order valence-corrected chi connectivity index (χ1v) is 10.4. The summed E-state index contributed by atoms with van der Waals surface area (Å²) in [4.78, 5) is 0. The fourth-order valence-corrected chi connectivity index (χ4v) is 3.51. The van der Waals surface area contributed by atoms with Crippen molar-refractivity contribution in [3.63, 3.8) is 0 Å². The Balaban J connectivity index is 1.47. The Labute approximate surface area is 202 Å². The highest BCUT2D eigenvalue weighted by Gasteiger charge is 2.26. The normalized spacial score (nSPS) is 11.2. The van der Waals surface area contributed by atoms with Gasteiger partial charge in [0.15, 0.2) is 46.5 Å². The van der Waals surface area contributed by atoms with Crippen LogP contribution in [0.4, 0.5) is 43.9 Å². The van der Waals surface area contributed by atoms with Gasteiger partial charge in [0.25, 0.3) is 0 Å². The lowest BCUT2D eigenvalue weighted by Gasteiger charge is -2.11. The van der Waals surface area contributed by atoms with Crippen LogP contribution in [0.3, 0.4) is 0 Å². The third kappa shape index (κ3) is 4.98. The van der Waals surface area contributed by atoms with Gasteiger partial charge in [-0.05, 0) is 35.4 Å². The zero-order valence-corrected chi connectivity index (χ0v) is 18.2. The molecule has 0 aliphatic carbocycles. The van der Waals surface area contributed by atoms with Crippen LogP contribution in [0.2, 0.25) is 0 Å². The van der Waals surface area contributed by atoms with E-state index >= 15 is 0 Å². The molecule has 0 aliphatic rings. The first-order chi connectivity index (χ1) is 17.5. The van der Waals surface area contributed by atoms with Gasteiger partial charge in [-0.25, -0.2) is 43.9 Å². The molecule has 0 saturated carbocycles. The van der Waals surface area contributed by atoms with Crippen molar-refractivity contribution in [1.29, 1.82) is 0 Å². The molecule has 0 N–H and O–H groups in total. The van der Waals surface area contributed by atoms with Gasteiger partial charge in [-0.15, -0.1) is 0 Å². The molecule has 0 saturated heterocycles. The summed E-state index contributed by atoms with van der Waals surface area (Å²) >= 11 is 0. The lowest BCUT2D eigenvalue weighted by atomic mass is 10.0. The lowest BCUT2D eigenvalue weighted by molar-refractivity contribution is 0.371. The van der Waals surface area contributed by atoms with Gasteiger partial charge in [0.05, 0.1) is 0 Å². The number of rotatable bonds is 6. The summed E-state index contributed by atoms with van der Waals surface area (Å²) in [5.41, 5.74) is -1.55. The molecule has 1 nitrogen and oxygen atoms in total. The zero-order valence-electron chi connectivity index (χ0n) is 18.2. The first kappa shape index (κ1) is 26.1. The monoisotopic (exact) mass is 530 g/mol. The molecule has 0 fully saturated rings. The van der Waals surface area contributed by atoms with E-state index in [1.54, 1.807) is 0 Å². The minimum Gasteiger partial charge on any atom is -0.457 e. The lowest BCUT2D eigenvalue weighted by Crippen LogP contribution is -2.07. The van der Waals surface area contributed by atoms with Gasteiger partial charge in [0, 0.05) is 24.0 Å². The van der Waals surface area contributed by atoms with Crippen LogP contribution in [0.1, 0.15) is 22.3 Å². The van der Waals surface area contributed by atoms with E-state index < -0.39 is 82.1 Å². The van der Waals surface area contributed by atoms with Crippen LogP contribution in [0.15, 0.2) is 48.5 Å². The third-order valence-electron chi connectivity index (χ3n) is 5.45. The molecule has 0 aliphatic heterocycles. The molecule has 4 rings (SSSR count). The van der Waals surface area contributed by atoms with Crippen LogP contribution in [0.5, 0.6) is 11.5 Å². The highest BCUT2D eigenvalue weighted by atomic mass is 19.2. The second-order valence-electron chi connectivity index (χ2n) is 7.84. The average molecular weight is 530 g/mol. The minimum absolute atomic E-state index is 0.216. The van der Waals surface area contributed by atoms with E-state index in [4.69, 9.17) is 4.74 Å². The van der Waals surface area contributed by atoms with E-state index in [1.807, 2.05) is 0 Å². The standard InChI is InChI=1S/C26H12F10O/c27-17-15(18(28)22(32)25(35)21(17)31)9-11-1-5-13(6-2-11)37-14-7-3-12(4-8-14)10-16-19(29)23(33)26(36)24(34)20(16)30/h1-8H,9-10H2. The van der Waals surface area contributed by atoms with Crippen LogP contribution >= 0.6 is 0 Å². The van der Waals surface area contributed by atoms with Crippen molar-refractivity contribution in [1.82, 2.24) is 0 Å². The second-order valence-corrected chi connectivity index (χ2v) is 7.84. The molecular weight excluding hydrogens is 518 g/mol. The van der Waals surface area contributed by atoms with Gasteiger partial charge in [-0.3, -0.25) is 0 Å². The molecule has 0 unspecified atom stereocenters. The molecule has 37 heavy (non-hydrogen) atoms. The molecule has 4 aromatic rings. The van der Waals surface area contributed by atoms with E-state index in [0.29, 0.717) is 0 Å². The van der Waals surface area contributed by atoms with Crippen LogP contribution < -0.4 is 4.74 Å². The maximum atomic E-state index is 13.9. The first-order valence-electron chi connectivity index (χ1n) is 10.4. The van der Waals surface area contributed by atoms with Crippen molar-refractivity contribution < 1.29 is 48.6 Å². The Morgan fingerprint density at radius 3 is 0.865 bits per heavy atom. The molecule has 0 aromatic heterocycles. The quantitative estimate of drug-likeness (QED) is 0.139. The molecule has 11 heteroatoms. The van der Waals surface area contributed by atoms with Gasteiger partial charge in [0.2, 0.25) is 11.6 Å². The fraction of sp³-hybridized carbons (Fsp3) is 0.0769. The molecule has 0 spiro atoms. The zero-order chi connectivity index (χ0) is 27.0. The average Bonchev–Trinajstić information content (AvgIpc) is 2.91. The summed E-state index contributed by atoms with van der Waals surface area (Å²) in [6.45, 7) is 0. The van der Waals surface area contributed by atoms with Crippen molar-refractivity contribution >= 4 is 0 Å². The van der Waals surface area contributed by atoms with Crippen molar-refractivity contribution in [3.8, 4) is 11.5 Å². The molecule has 192 valence electrons. The Morgan fingerprint density at radius 2 is 0.595 bits per heavy atom. The van der Waals surface area contributed by atoms with E-state index in [9.17, 15) is 43.9 Å². The number of benzene rings is 4. The van der Waals surface area contributed by atoms with Crippen LogP contribution in [0.25, 0.3) is 0 Å². The van der Waals surface area contributed by atoms with E-state index in [2.05, 4.69) is 0 Å². The van der Waals surface area contributed by atoms with Crippen molar-refractivity contribution in [3.05, 3.63) is 129 Å². The summed E-state index contributed by atoms with van der Waals surface area (Å²) in [5, 5.41) is 0. The highest BCUT2D eigenvalue weighted by Crippen LogP contribution is 2.29. The van der Waals surface area contributed by atoms with E-state index in [1.165, 1.54) is 48.5 Å². The topological polar surface area (TPSA) is 9.23 Å². The Bertz CT molecular complexity index is 1310. The fourth-order valence-electron chi connectivity index (χ4n) is 3.51. The highest BCUT2D eigenvalue weighted by molar-refractivity contribution is 5.38. The number of ether oxygens (including phenoxy) is 1. The molecule has 0 bridgehead atoms. The molecule has 0 heterocycles. The Morgan fingerprint density at radius 1 is 0.351 bits per heavy atom. The Hall–Kier alpha value is -4.02. The van der Waals surface area contributed by atoms with Gasteiger partial charge >= 0.3 is 0 Å². The largest absolute Gasteiger partial charge is 0.457 e. The summed E-state index contributed by atoms with van der Waals surface area (Å²) in [6, 6.07) is 10.8. The molecule has 0 atom stereocenters. The maximum absolute atomic E-state index is 13.9. The second kappa shape index (κ2) is 10.2. The van der Waals surface area contributed by atoms with Gasteiger partial charge < -0.3 is 4.74 Å². The summed E-state index contributed by atoms with van der Waals surface area (Å²) in [5.74, 6) is -20.0. The summed E-state index contributed by atoms with van der Waals surface area (Å²) < 4.78 is 141. The molecule has 0 radical (unpaired) electrons.